The first-order chi connectivity index (χ1) is 35.8. The molecule has 0 aromatic rings. The minimum atomic E-state index is -2.16. The average molecular weight is 1090 g/mol. The number of hydrogen-bond acceptors (Lipinski definition) is 23. The van der Waals surface area contributed by atoms with E-state index in [1.165, 1.54) is 0 Å². The van der Waals surface area contributed by atoms with Gasteiger partial charge in [0.05, 0.1) is 92.8 Å². The summed E-state index contributed by atoms with van der Waals surface area (Å²) in [6.45, 7) is 5.60. The fourth-order valence-corrected chi connectivity index (χ4v) is 8.77. The van der Waals surface area contributed by atoms with Crippen molar-refractivity contribution in [3.8, 4) is 0 Å². The molecule has 23 heteroatoms. The predicted octanol–water partition coefficient (Wildman–Crippen LogP) is -0.788. The minimum Gasteiger partial charge on any atom is -0.505 e. The standard InChI is InChI=1S/C47H75NO16.C6H8O6/c1-28-17-15-13-11-9-7-5-6-8-10-12-14-16-18-35(63-46-45(59)42(48)44(58)31(4)62-46)24-40-36(27-49)39(55)26-47(60,64-40)25-34(52)22-38(54)37(53)20-19-32(50)21-33(51)23-41(56)61-30(3)29(2)43(28)57;7-1-2(8)5-3(9)4(10)6(11)12-5/h5-18,28-40,42-46,49-55,57-60H,19-27,48H2,1-4H3;2,5,7-10H,1H2/b6-5+,9-7+,10-8+,13-11+,14-12+,17-15+,18-16+;/t28-,29-,30-,31+,32+,33+,34-,35-,36+,37+,38+,39-,40-,42-,43+,44+,45-,46-,47+;/m0./s1. The smallest absolute Gasteiger partial charge is 0.377 e. The van der Waals surface area contributed by atoms with Gasteiger partial charge in [0.15, 0.2) is 23.9 Å². The Morgan fingerprint density at radius 3 is 1.80 bits per heavy atom. The Morgan fingerprint density at radius 1 is 0.671 bits per heavy atom. The van der Waals surface area contributed by atoms with E-state index in [4.69, 9.17) is 45.1 Å². The summed E-state index contributed by atoms with van der Waals surface area (Å²) in [6.07, 6.45) is 3.45. The molecule has 0 aliphatic carbocycles. The van der Waals surface area contributed by atoms with Crippen molar-refractivity contribution in [2.45, 2.75) is 189 Å². The monoisotopic (exact) mass is 1090 g/mol. The first-order valence-electron chi connectivity index (χ1n) is 25.5. The fourth-order valence-electron chi connectivity index (χ4n) is 8.77. The van der Waals surface area contributed by atoms with E-state index in [1.54, 1.807) is 63.3 Å². The molecule has 2 saturated heterocycles. The Hall–Kier alpha value is -4.22. The topological polar surface area (TPSA) is 410 Å². The predicted molar refractivity (Wildman–Crippen MR) is 272 cm³/mol. The van der Waals surface area contributed by atoms with Crippen LogP contribution in [-0.4, -0.2) is 211 Å². The summed E-state index contributed by atoms with van der Waals surface area (Å²) >= 11 is 0. The molecule has 2 fully saturated rings. The van der Waals surface area contributed by atoms with Gasteiger partial charge in [-0.15, -0.1) is 0 Å². The lowest BCUT2D eigenvalue weighted by atomic mass is 9.83. The molecule has 0 saturated carbocycles. The Balaban J connectivity index is 0.00000111. The van der Waals surface area contributed by atoms with Gasteiger partial charge in [-0.25, -0.2) is 4.79 Å². The van der Waals surface area contributed by atoms with E-state index < -0.39 is 184 Å². The Morgan fingerprint density at radius 2 is 1.25 bits per heavy atom. The molecule has 4 rings (SSSR count). The number of carbonyl (C=O) groups is 2. The van der Waals surface area contributed by atoms with Crippen LogP contribution in [0.2, 0.25) is 0 Å². The molecule has 0 aromatic carbocycles. The molecule has 21 atom stereocenters. The fraction of sp³-hybridized carbons (Fsp3) is 0.660. The van der Waals surface area contributed by atoms with Crippen LogP contribution in [0.1, 0.15) is 79.1 Å². The number of rotatable bonds is 5. The van der Waals surface area contributed by atoms with Gasteiger partial charge in [0.25, 0.3) is 0 Å². The highest BCUT2D eigenvalue weighted by Gasteiger charge is 2.48. The summed E-state index contributed by atoms with van der Waals surface area (Å²) in [5.41, 5.74) is 6.04. The van der Waals surface area contributed by atoms with Gasteiger partial charge in [0.2, 0.25) is 5.76 Å². The van der Waals surface area contributed by atoms with Gasteiger partial charge in [0, 0.05) is 43.4 Å². The number of esters is 2. The number of aliphatic hydroxyl groups is 15. The van der Waals surface area contributed by atoms with E-state index in [-0.39, 0.29) is 31.6 Å². The highest BCUT2D eigenvalue weighted by Crippen LogP contribution is 2.38. The lowest BCUT2D eigenvalue weighted by Gasteiger charge is -2.46. The maximum Gasteiger partial charge on any atom is 0.377 e. The number of ether oxygens (including phenoxy) is 5. The van der Waals surface area contributed by atoms with Crippen LogP contribution >= 0.6 is 0 Å². The molecule has 4 aliphatic rings. The zero-order valence-corrected chi connectivity index (χ0v) is 43.3. The van der Waals surface area contributed by atoms with Gasteiger partial charge in [-0.2, -0.15) is 0 Å². The SMILES string of the molecule is C[C@@H]1[C@H](O)[C@@H](C)/C=C/C=C/C=C/C=C/C=C/C=C/C=C/[C@H](O[C@@H]2O[C@H](C)[C@@H](O)[C@H](N)[C@@H]2O)C[C@@H]2O[C@](O)(C[C@@H](O)C[C@@H](O)[C@H](O)CC[C@@H](O)C[C@@H](O)CC(=O)O[C@H]1C)C[C@H](O)[C@H]2CO.O=C1OC(C(O)CO)C(O)=C1O. The van der Waals surface area contributed by atoms with Gasteiger partial charge in [-0.3, -0.25) is 4.79 Å². The van der Waals surface area contributed by atoms with Crippen molar-refractivity contribution >= 4 is 11.9 Å². The minimum absolute atomic E-state index is 0.0734. The van der Waals surface area contributed by atoms with E-state index >= 15 is 0 Å². The third-order valence-corrected chi connectivity index (χ3v) is 13.6. The van der Waals surface area contributed by atoms with Crippen molar-refractivity contribution in [3.05, 3.63) is 96.6 Å². The third-order valence-electron chi connectivity index (χ3n) is 13.6. The summed E-state index contributed by atoms with van der Waals surface area (Å²) < 4.78 is 27.7. The number of hydrogen-bond donors (Lipinski definition) is 16. The van der Waals surface area contributed by atoms with Crippen LogP contribution in [0.25, 0.3) is 0 Å². The Labute approximate surface area is 442 Å². The van der Waals surface area contributed by atoms with Crippen molar-refractivity contribution in [1.82, 2.24) is 0 Å². The van der Waals surface area contributed by atoms with Crippen molar-refractivity contribution in [2.24, 2.45) is 23.5 Å². The van der Waals surface area contributed by atoms with Crippen LogP contribution in [-0.2, 0) is 33.3 Å². The molecule has 2 unspecified atom stereocenters. The summed E-state index contributed by atoms with van der Waals surface area (Å²) in [4.78, 5) is 23.1. The van der Waals surface area contributed by atoms with Crippen molar-refractivity contribution < 1.29 is 110 Å². The normalized spacial score (nSPS) is 42.9. The van der Waals surface area contributed by atoms with Crippen LogP contribution in [0.3, 0.4) is 0 Å². The Bertz CT molecular complexity index is 2010. The molecule has 0 aromatic heterocycles. The number of aliphatic hydroxyl groups excluding tert-OH is 14. The first-order valence-corrected chi connectivity index (χ1v) is 25.5. The van der Waals surface area contributed by atoms with Crippen LogP contribution in [0.4, 0.5) is 0 Å². The van der Waals surface area contributed by atoms with Gasteiger partial charge in [0.1, 0.15) is 18.3 Å². The van der Waals surface area contributed by atoms with Crippen LogP contribution in [0, 0.1) is 17.8 Å². The number of allylic oxidation sites excluding steroid dienone is 12. The zero-order valence-electron chi connectivity index (χ0n) is 43.3. The maximum atomic E-state index is 12.6. The molecular formula is C53H83NO22. The molecule has 4 aliphatic heterocycles. The van der Waals surface area contributed by atoms with Gasteiger partial charge in [-0.05, 0) is 33.1 Å². The Kier molecular flexibility index (Phi) is 28.4. The summed E-state index contributed by atoms with van der Waals surface area (Å²) in [5, 5.41) is 153. The van der Waals surface area contributed by atoms with Crippen LogP contribution < -0.4 is 5.73 Å². The average Bonchev–Trinajstić information content (AvgIpc) is 3.61. The second-order valence-corrected chi connectivity index (χ2v) is 19.9. The molecule has 0 spiro atoms. The number of nitrogens with two attached hydrogens (primary N) is 1. The summed E-state index contributed by atoms with van der Waals surface area (Å²) in [6, 6.07) is -1.09. The van der Waals surface area contributed by atoms with Gasteiger partial charge >= 0.3 is 11.9 Å². The molecule has 0 amide bonds. The molecule has 4 heterocycles. The molecule has 432 valence electrons. The largest absolute Gasteiger partial charge is 0.505 e. The van der Waals surface area contributed by atoms with Crippen molar-refractivity contribution in [3.63, 3.8) is 0 Å². The highest BCUT2D eigenvalue weighted by molar-refractivity contribution is 5.89. The summed E-state index contributed by atoms with van der Waals surface area (Å²) in [5.74, 6) is -7.28. The van der Waals surface area contributed by atoms with Gasteiger partial charge in [-0.1, -0.05) is 98.9 Å². The summed E-state index contributed by atoms with van der Waals surface area (Å²) in [7, 11) is 0. The first kappa shape index (κ1) is 66.1. The van der Waals surface area contributed by atoms with Crippen LogP contribution in [0.15, 0.2) is 96.6 Å². The van der Waals surface area contributed by atoms with E-state index in [1.807, 2.05) is 49.5 Å². The van der Waals surface area contributed by atoms with E-state index in [0.29, 0.717) is 0 Å². The lowest BCUT2D eigenvalue weighted by Crippen LogP contribution is -2.61. The van der Waals surface area contributed by atoms with Crippen LogP contribution in [0.5, 0.6) is 0 Å². The second-order valence-electron chi connectivity index (χ2n) is 19.9. The molecule has 17 N–H and O–H groups in total. The highest BCUT2D eigenvalue weighted by atomic mass is 16.7. The van der Waals surface area contributed by atoms with Crippen molar-refractivity contribution in [2.75, 3.05) is 13.2 Å². The van der Waals surface area contributed by atoms with E-state index in [0.717, 1.165) is 0 Å². The third kappa shape index (κ3) is 21.2. The zero-order chi connectivity index (χ0) is 56.9. The molecular weight excluding hydrogens is 1000 g/mol. The number of fused-ring (bicyclic) bond motifs is 2. The number of carbonyl (C=O) groups excluding carboxylic acids is 2. The van der Waals surface area contributed by atoms with E-state index in [2.05, 4.69) is 4.74 Å². The molecule has 0 radical (unpaired) electrons. The van der Waals surface area contributed by atoms with E-state index in [9.17, 15) is 65.8 Å². The van der Waals surface area contributed by atoms with Crippen molar-refractivity contribution in [1.29, 1.82) is 0 Å². The number of cyclic esters (lactones) is 2. The molecule has 76 heavy (non-hydrogen) atoms. The lowest BCUT2D eigenvalue weighted by molar-refractivity contribution is -0.312. The molecule has 2 bridgehead atoms. The van der Waals surface area contributed by atoms with Gasteiger partial charge < -0.3 is 106 Å². The molecule has 23 nitrogen and oxygen atoms in total. The quantitative estimate of drug-likeness (QED) is 0.150. The second kappa shape index (κ2) is 32.6. The maximum absolute atomic E-state index is 12.6.